The number of ether oxygens (including phenoxy) is 1. The quantitative estimate of drug-likeness (QED) is 0.569. The van der Waals surface area contributed by atoms with Gasteiger partial charge in [-0.3, -0.25) is 14.2 Å². The number of rotatable bonds is 6. The third-order valence-corrected chi connectivity index (χ3v) is 6.68. The molecule has 4 rings (SSSR count). The summed E-state index contributed by atoms with van der Waals surface area (Å²) >= 11 is 0. The van der Waals surface area contributed by atoms with Crippen LogP contribution in [0.1, 0.15) is 49.4 Å². The number of amides is 1. The highest BCUT2D eigenvalue weighted by Crippen LogP contribution is 2.36. The average molecular weight is 489 g/mol. The largest absolute Gasteiger partial charge is 0.371 e. The second kappa shape index (κ2) is 9.29. The lowest BCUT2D eigenvalue weighted by molar-refractivity contribution is -0.129. The Bertz CT molecular complexity index is 1350. The van der Waals surface area contributed by atoms with Gasteiger partial charge in [-0.1, -0.05) is 18.2 Å². The van der Waals surface area contributed by atoms with Crippen molar-refractivity contribution >= 4 is 22.8 Å². The summed E-state index contributed by atoms with van der Waals surface area (Å²) in [7, 11) is 3.07. The van der Waals surface area contributed by atoms with Gasteiger partial charge in [0, 0.05) is 39.6 Å². The van der Waals surface area contributed by atoms with E-state index in [1.54, 1.807) is 24.9 Å². The fourth-order valence-electron chi connectivity index (χ4n) is 4.61. The van der Waals surface area contributed by atoms with Crippen LogP contribution in [-0.2, 0) is 22.2 Å². The molecule has 186 valence electrons. The number of hydrogen-bond donors (Lipinski definition) is 1. The molecule has 0 aliphatic carbocycles. The molecule has 1 unspecified atom stereocenters. The number of anilines is 1. The Morgan fingerprint density at radius 3 is 2.60 bits per heavy atom. The molecule has 0 bridgehead atoms. The number of pyridine rings is 1. The minimum atomic E-state index is -2.94. The Labute approximate surface area is 199 Å². The number of benzene rings is 1. The molecule has 2 aromatic heterocycles. The van der Waals surface area contributed by atoms with Gasteiger partial charge in [0.1, 0.15) is 29.2 Å². The van der Waals surface area contributed by atoms with Crippen molar-refractivity contribution in [2.24, 2.45) is 7.05 Å². The summed E-state index contributed by atoms with van der Waals surface area (Å²) < 4.78 is 48.3. The van der Waals surface area contributed by atoms with Gasteiger partial charge >= 0.3 is 0 Å². The van der Waals surface area contributed by atoms with Crippen molar-refractivity contribution in [2.45, 2.75) is 38.3 Å². The number of carbonyl (C=O) groups is 1. The van der Waals surface area contributed by atoms with Gasteiger partial charge in [0.15, 0.2) is 0 Å². The number of nitrogens with one attached hydrogen (secondary N) is 1. The molecule has 1 amide bonds. The Kier molecular flexibility index (Phi) is 6.54. The fraction of sp³-hybridized carbons (Fsp3) is 0.417. The van der Waals surface area contributed by atoms with Crippen LogP contribution < -0.4 is 10.9 Å². The van der Waals surface area contributed by atoms with Crippen LogP contribution >= 0.6 is 0 Å². The second-order valence-electron chi connectivity index (χ2n) is 8.69. The summed E-state index contributed by atoms with van der Waals surface area (Å²) in [5.74, 6) is -0.800. The molecule has 0 saturated carbocycles. The van der Waals surface area contributed by atoms with Crippen LogP contribution in [-0.4, -0.2) is 45.5 Å². The van der Waals surface area contributed by atoms with E-state index in [4.69, 9.17) is 4.74 Å². The number of hydrogen-bond acceptors (Lipinski definition) is 6. The highest BCUT2D eigenvalue weighted by Gasteiger charge is 2.43. The molecule has 8 nitrogen and oxygen atoms in total. The first kappa shape index (κ1) is 24.6. The van der Waals surface area contributed by atoms with Crippen LogP contribution in [0.2, 0.25) is 0 Å². The van der Waals surface area contributed by atoms with Gasteiger partial charge in [-0.05, 0) is 13.0 Å². The highest BCUT2D eigenvalue weighted by atomic mass is 19.3. The zero-order chi connectivity index (χ0) is 25.5. The van der Waals surface area contributed by atoms with Crippen molar-refractivity contribution in [3.05, 3.63) is 63.5 Å². The lowest BCUT2D eigenvalue weighted by Gasteiger charge is -2.28. The van der Waals surface area contributed by atoms with Crippen LogP contribution in [0.4, 0.5) is 19.0 Å². The van der Waals surface area contributed by atoms with Gasteiger partial charge in [-0.25, -0.2) is 23.1 Å². The number of halogens is 3. The lowest BCUT2D eigenvalue weighted by atomic mass is 9.92. The molecule has 0 radical (unpaired) electrons. The minimum absolute atomic E-state index is 0.0564. The minimum Gasteiger partial charge on any atom is -0.371 e. The fourth-order valence-corrected chi connectivity index (χ4v) is 4.61. The number of alkyl halides is 2. The third-order valence-electron chi connectivity index (χ3n) is 6.68. The van der Waals surface area contributed by atoms with Crippen LogP contribution in [0.15, 0.2) is 35.4 Å². The smallest absolute Gasteiger partial charge is 0.266 e. The number of likely N-dealkylation sites (tertiary alicyclic amines) is 1. The number of nitrogens with zero attached hydrogens (tertiary/aromatic N) is 4. The van der Waals surface area contributed by atoms with Crippen LogP contribution in [0.25, 0.3) is 11.0 Å². The van der Waals surface area contributed by atoms with Crippen LogP contribution in [0.5, 0.6) is 0 Å². The van der Waals surface area contributed by atoms with E-state index >= 15 is 0 Å². The molecular weight excluding hydrogens is 463 g/mol. The summed E-state index contributed by atoms with van der Waals surface area (Å²) in [4.78, 5) is 35.3. The van der Waals surface area contributed by atoms with Gasteiger partial charge in [-0.15, -0.1) is 0 Å². The van der Waals surface area contributed by atoms with E-state index in [1.807, 2.05) is 0 Å². The molecule has 3 heterocycles. The molecule has 0 spiro atoms. The van der Waals surface area contributed by atoms with Crippen LogP contribution in [0, 0.1) is 5.82 Å². The van der Waals surface area contributed by atoms with Gasteiger partial charge in [0.2, 0.25) is 5.91 Å². The molecule has 2 atom stereocenters. The first-order valence-corrected chi connectivity index (χ1v) is 11.1. The number of carbonyl (C=O) groups excluding carboxylic acids is 1. The summed E-state index contributed by atoms with van der Waals surface area (Å²) in [5.41, 5.74) is -1.27. The molecular formula is C24H26F3N5O3. The maximum absolute atomic E-state index is 14.7. The van der Waals surface area contributed by atoms with E-state index in [9.17, 15) is 22.8 Å². The Morgan fingerprint density at radius 1 is 1.26 bits per heavy atom. The second-order valence-corrected chi connectivity index (χ2v) is 8.69. The predicted molar refractivity (Wildman–Crippen MR) is 124 cm³/mol. The third kappa shape index (κ3) is 4.24. The standard InChI is InChI=1S/C24H26F3N5O3/c1-13(15-6-5-7-16(19(15)25)20(26)27)30-21-17-10-18(23(34)31(3)22(17)29-12-28-21)24(35-4)8-9-32(11-24)14(2)33/h5-7,10,12-13,20H,8-9,11H2,1-4H3,(H,28,29,30)/t13-,24?/m1/s1. The summed E-state index contributed by atoms with van der Waals surface area (Å²) in [6, 6.07) is 4.77. The molecule has 11 heteroatoms. The molecule has 1 aromatic carbocycles. The van der Waals surface area contributed by atoms with E-state index in [0.717, 1.165) is 6.07 Å². The Morgan fingerprint density at radius 2 is 1.97 bits per heavy atom. The predicted octanol–water partition coefficient (Wildman–Crippen LogP) is 3.67. The van der Waals surface area contributed by atoms with Crippen molar-refractivity contribution in [3.63, 3.8) is 0 Å². The molecule has 3 aromatic rings. The van der Waals surface area contributed by atoms with E-state index in [2.05, 4.69) is 15.3 Å². The summed E-state index contributed by atoms with van der Waals surface area (Å²) in [6.45, 7) is 3.75. The van der Waals surface area contributed by atoms with Crippen LogP contribution in [0.3, 0.4) is 0 Å². The summed E-state index contributed by atoms with van der Waals surface area (Å²) in [5, 5.41) is 3.55. The number of fused-ring (bicyclic) bond motifs is 1. The molecule has 1 aliphatic heterocycles. The zero-order valence-electron chi connectivity index (χ0n) is 19.8. The van der Waals surface area contributed by atoms with Crippen molar-refractivity contribution < 1.29 is 22.7 Å². The lowest BCUT2D eigenvalue weighted by Crippen LogP contribution is -2.40. The first-order chi connectivity index (χ1) is 16.6. The maximum atomic E-state index is 14.7. The van der Waals surface area contributed by atoms with Crippen molar-refractivity contribution in [1.29, 1.82) is 0 Å². The monoisotopic (exact) mass is 489 g/mol. The number of aromatic nitrogens is 3. The Balaban J connectivity index is 1.80. The molecule has 35 heavy (non-hydrogen) atoms. The van der Waals surface area contributed by atoms with Crippen molar-refractivity contribution in [1.82, 2.24) is 19.4 Å². The van der Waals surface area contributed by atoms with E-state index < -0.39 is 29.4 Å². The first-order valence-electron chi connectivity index (χ1n) is 11.1. The van der Waals surface area contributed by atoms with Gasteiger partial charge in [-0.2, -0.15) is 0 Å². The van der Waals surface area contributed by atoms with E-state index in [-0.39, 0.29) is 23.6 Å². The van der Waals surface area contributed by atoms with Crippen molar-refractivity contribution in [2.75, 3.05) is 25.5 Å². The number of aryl methyl sites for hydroxylation is 1. The van der Waals surface area contributed by atoms with Crippen molar-refractivity contribution in [3.8, 4) is 0 Å². The summed E-state index contributed by atoms with van der Waals surface area (Å²) in [6.07, 6.45) is -1.24. The molecule has 1 aliphatic rings. The maximum Gasteiger partial charge on any atom is 0.266 e. The zero-order valence-corrected chi connectivity index (χ0v) is 19.8. The molecule has 1 fully saturated rings. The topological polar surface area (TPSA) is 89.3 Å². The molecule has 1 N–H and O–H groups in total. The van der Waals surface area contributed by atoms with Gasteiger partial charge < -0.3 is 15.0 Å². The van der Waals surface area contributed by atoms with Gasteiger partial charge in [0.05, 0.1) is 29.1 Å². The van der Waals surface area contributed by atoms with E-state index in [0.29, 0.717) is 35.4 Å². The normalized spacial score (nSPS) is 18.9. The number of methoxy groups -OCH3 is 1. The van der Waals surface area contributed by atoms with E-state index in [1.165, 1.54) is 37.1 Å². The van der Waals surface area contributed by atoms with Gasteiger partial charge in [0.25, 0.3) is 12.0 Å². The Hall–Kier alpha value is -3.47. The molecule has 1 saturated heterocycles. The SMILES string of the molecule is COC1(c2cc3c(N[C@H](C)c4cccc(C(F)F)c4F)ncnc3n(C)c2=O)CCN(C(C)=O)C1. The average Bonchev–Trinajstić information content (AvgIpc) is 3.27. The highest BCUT2D eigenvalue weighted by molar-refractivity contribution is 5.87.